The van der Waals surface area contributed by atoms with Gasteiger partial charge in [-0.2, -0.15) is 4.31 Å². The Morgan fingerprint density at radius 2 is 1.72 bits per heavy atom. The van der Waals surface area contributed by atoms with Crippen molar-refractivity contribution < 1.29 is 27.5 Å². The van der Waals surface area contributed by atoms with Gasteiger partial charge in [0.1, 0.15) is 5.75 Å². The minimum Gasteiger partial charge on any atom is -0.475 e. The summed E-state index contributed by atoms with van der Waals surface area (Å²) in [6.07, 6.45) is -0.106. The van der Waals surface area contributed by atoms with E-state index < -0.39 is 22.1 Å². The molecule has 2 aliphatic rings. The summed E-state index contributed by atoms with van der Waals surface area (Å²) in [6, 6.07) is 13.6. The average molecular weight is 523 g/mol. The topological polar surface area (TPSA) is 93.2 Å². The maximum Gasteiger partial charge on any atom is 0.348 e. The van der Waals surface area contributed by atoms with Crippen LogP contribution in [0.1, 0.15) is 12.8 Å². The molecule has 32 heavy (non-hydrogen) atoms. The zero-order chi connectivity index (χ0) is 22.9. The van der Waals surface area contributed by atoms with Crippen LogP contribution in [-0.2, 0) is 24.3 Å². The zero-order valence-electron chi connectivity index (χ0n) is 17.4. The average Bonchev–Trinajstić information content (AvgIpc) is 2.82. The number of carbonyl (C=O) groups excluding carboxylic acids is 2. The number of esters is 1. The monoisotopic (exact) mass is 522 g/mol. The van der Waals surface area contributed by atoms with Gasteiger partial charge in [-0.05, 0) is 49.2 Å². The van der Waals surface area contributed by atoms with Gasteiger partial charge in [0.05, 0.1) is 24.2 Å². The molecule has 0 spiro atoms. The highest BCUT2D eigenvalue weighted by Crippen LogP contribution is 2.36. The molecule has 1 atom stereocenters. The van der Waals surface area contributed by atoms with Crippen molar-refractivity contribution in [3.05, 3.63) is 53.0 Å². The summed E-state index contributed by atoms with van der Waals surface area (Å²) in [7, 11) is -2.34. The van der Waals surface area contributed by atoms with E-state index in [4.69, 9.17) is 9.47 Å². The lowest BCUT2D eigenvalue weighted by atomic mass is 9.95. The number of piperidine rings is 1. The van der Waals surface area contributed by atoms with Crippen LogP contribution < -0.4 is 9.64 Å². The lowest BCUT2D eigenvalue weighted by molar-refractivity contribution is -0.148. The van der Waals surface area contributed by atoms with Crippen molar-refractivity contribution in [2.45, 2.75) is 23.8 Å². The molecular weight excluding hydrogens is 500 g/mol. The molecule has 10 heteroatoms. The fourth-order valence-corrected chi connectivity index (χ4v) is 5.75. The molecule has 4 rings (SSSR count). The van der Waals surface area contributed by atoms with Gasteiger partial charge in [-0.3, -0.25) is 4.79 Å². The summed E-state index contributed by atoms with van der Waals surface area (Å²) >= 11 is 3.31. The Bertz CT molecular complexity index is 1110. The van der Waals surface area contributed by atoms with Gasteiger partial charge in [0.25, 0.3) is 0 Å². The summed E-state index contributed by atoms with van der Waals surface area (Å²) in [6.45, 7) is 0.558. The minimum atomic E-state index is -3.62. The van der Waals surface area contributed by atoms with Gasteiger partial charge in [0.2, 0.25) is 22.0 Å². The van der Waals surface area contributed by atoms with E-state index in [1.807, 2.05) is 0 Å². The highest BCUT2D eigenvalue weighted by atomic mass is 79.9. The fourth-order valence-electron chi connectivity index (χ4n) is 4.02. The van der Waals surface area contributed by atoms with E-state index in [9.17, 15) is 18.0 Å². The van der Waals surface area contributed by atoms with Crippen molar-refractivity contribution in [2.24, 2.45) is 5.92 Å². The SMILES string of the molecule is COC(=O)C1CN(C(=O)C2CCN(S(=O)(=O)c3ccc(Br)cc3)CC2)c2ccccc2O1. The number of para-hydroxylation sites is 2. The third-order valence-electron chi connectivity index (χ3n) is 5.76. The molecule has 2 aromatic rings. The van der Waals surface area contributed by atoms with Crippen LogP contribution in [0.15, 0.2) is 57.9 Å². The number of halogens is 1. The summed E-state index contributed by atoms with van der Waals surface area (Å²) < 4.78 is 38.6. The Kier molecular flexibility index (Phi) is 6.55. The number of carbonyl (C=O) groups is 2. The second kappa shape index (κ2) is 9.21. The number of benzene rings is 2. The van der Waals surface area contributed by atoms with E-state index in [0.717, 1.165) is 4.47 Å². The van der Waals surface area contributed by atoms with Crippen LogP contribution in [0.25, 0.3) is 0 Å². The molecule has 0 saturated carbocycles. The number of hydrogen-bond donors (Lipinski definition) is 0. The zero-order valence-corrected chi connectivity index (χ0v) is 19.8. The smallest absolute Gasteiger partial charge is 0.348 e. The number of sulfonamides is 1. The van der Waals surface area contributed by atoms with E-state index in [2.05, 4.69) is 15.9 Å². The number of rotatable bonds is 4. The quantitative estimate of drug-likeness (QED) is 0.573. The second-order valence-electron chi connectivity index (χ2n) is 7.68. The van der Waals surface area contributed by atoms with Gasteiger partial charge in [-0.15, -0.1) is 0 Å². The number of anilines is 1. The molecule has 170 valence electrons. The number of ether oxygens (including phenoxy) is 2. The Hall–Kier alpha value is -2.43. The van der Waals surface area contributed by atoms with Crippen LogP contribution in [0, 0.1) is 5.92 Å². The van der Waals surface area contributed by atoms with Gasteiger partial charge >= 0.3 is 5.97 Å². The van der Waals surface area contributed by atoms with Crippen molar-refractivity contribution in [3.8, 4) is 5.75 Å². The summed E-state index contributed by atoms with van der Waals surface area (Å²) in [5, 5.41) is 0. The fraction of sp³-hybridized carbons (Fsp3) is 0.364. The lowest BCUT2D eigenvalue weighted by Crippen LogP contribution is -2.51. The van der Waals surface area contributed by atoms with Crippen molar-refractivity contribution in [2.75, 3.05) is 31.6 Å². The van der Waals surface area contributed by atoms with E-state index in [0.29, 0.717) is 24.3 Å². The first-order valence-electron chi connectivity index (χ1n) is 10.2. The van der Waals surface area contributed by atoms with Gasteiger partial charge in [0.15, 0.2) is 0 Å². The van der Waals surface area contributed by atoms with Crippen molar-refractivity contribution in [1.29, 1.82) is 0 Å². The molecule has 0 bridgehead atoms. The first-order chi connectivity index (χ1) is 15.3. The molecule has 0 aliphatic carbocycles. The molecule has 2 heterocycles. The molecule has 0 radical (unpaired) electrons. The van der Waals surface area contributed by atoms with Crippen LogP contribution in [0.4, 0.5) is 5.69 Å². The van der Waals surface area contributed by atoms with Crippen molar-refractivity contribution >= 4 is 43.5 Å². The van der Waals surface area contributed by atoms with E-state index in [1.54, 1.807) is 53.4 Å². The molecule has 1 saturated heterocycles. The molecular formula is C22H23BrN2O6S. The third-order valence-corrected chi connectivity index (χ3v) is 8.20. The lowest BCUT2D eigenvalue weighted by Gasteiger charge is -2.37. The number of amides is 1. The Labute approximate surface area is 195 Å². The van der Waals surface area contributed by atoms with Crippen LogP contribution in [0.3, 0.4) is 0 Å². The number of fused-ring (bicyclic) bond motifs is 1. The van der Waals surface area contributed by atoms with Crippen molar-refractivity contribution in [1.82, 2.24) is 4.31 Å². The van der Waals surface area contributed by atoms with Crippen molar-refractivity contribution in [3.63, 3.8) is 0 Å². The molecule has 1 fully saturated rings. The van der Waals surface area contributed by atoms with Gasteiger partial charge in [-0.25, -0.2) is 13.2 Å². The summed E-state index contributed by atoms with van der Waals surface area (Å²) in [5.74, 6) is -0.600. The maximum atomic E-state index is 13.4. The summed E-state index contributed by atoms with van der Waals surface area (Å²) in [4.78, 5) is 27.2. The Balaban J connectivity index is 1.48. The van der Waals surface area contributed by atoms with Crippen LogP contribution in [0.2, 0.25) is 0 Å². The first kappa shape index (κ1) is 22.8. The standard InChI is InChI=1S/C22H23BrN2O6S/c1-30-22(27)20-14-25(18-4-2-3-5-19(18)31-20)21(26)15-10-12-24(13-11-15)32(28,29)17-8-6-16(23)7-9-17/h2-9,15,20H,10-14H2,1H3. The first-order valence-corrected chi connectivity index (χ1v) is 12.4. The molecule has 2 aliphatic heterocycles. The molecule has 1 amide bonds. The predicted molar refractivity (Wildman–Crippen MR) is 121 cm³/mol. The molecule has 8 nitrogen and oxygen atoms in total. The normalized spacial score (nSPS) is 19.7. The summed E-state index contributed by atoms with van der Waals surface area (Å²) in [5.41, 5.74) is 0.600. The van der Waals surface area contributed by atoms with Gasteiger partial charge in [-0.1, -0.05) is 28.1 Å². The number of nitrogens with zero attached hydrogens (tertiary/aromatic N) is 2. The van der Waals surface area contributed by atoms with Gasteiger partial charge < -0.3 is 14.4 Å². The maximum absolute atomic E-state index is 13.4. The highest BCUT2D eigenvalue weighted by molar-refractivity contribution is 9.10. The van der Waals surface area contributed by atoms with E-state index in [-0.39, 0.29) is 36.4 Å². The molecule has 1 unspecified atom stereocenters. The molecule has 2 aromatic carbocycles. The van der Waals surface area contributed by atoms with Crippen LogP contribution in [0.5, 0.6) is 5.75 Å². The number of hydrogen-bond acceptors (Lipinski definition) is 6. The van der Waals surface area contributed by atoms with Crippen LogP contribution in [-0.4, -0.2) is 57.4 Å². The van der Waals surface area contributed by atoms with E-state index >= 15 is 0 Å². The highest BCUT2D eigenvalue weighted by Gasteiger charge is 2.39. The second-order valence-corrected chi connectivity index (χ2v) is 10.5. The molecule has 0 N–H and O–H groups in total. The van der Waals surface area contributed by atoms with E-state index in [1.165, 1.54) is 11.4 Å². The van der Waals surface area contributed by atoms with Crippen LogP contribution >= 0.6 is 15.9 Å². The van der Waals surface area contributed by atoms with Gasteiger partial charge in [0, 0.05) is 23.5 Å². The predicted octanol–water partition coefficient (Wildman–Crippen LogP) is 2.82. The Morgan fingerprint density at radius 3 is 2.38 bits per heavy atom. The molecule has 0 aromatic heterocycles. The Morgan fingerprint density at radius 1 is 1.06 bits per heavy atom. The largest absolute Gasteiger partial charge is 0.475 e. The number of methoxy groups -OCH3 is 1. The third kappa shape index (κ3) is 4.39. The minimum absolute atomic E-state index is 0.0555.